The first-order valence-electron chi connectivity index (χ1n) is 9.07. The molecule has 0 unspecified atom stereocenters. The third-order valence-electron chi connectivity index (χ3n) is 3.54. The van der Waals surface area contributed by atoms with Gasteiger partial charge in [0.15, 0.2) is 11.7 Å². The summed E-state index contributed by atoms with van der Waals surface area (Å²) in [7, 11) is 0. The smallest absolute Gasteiger partial charge is 0.276 e. The molecule has 0 fully saturated rings. The number of rotatable bonds is 9. The van der Waals surface area contributed by atoms with Crippen LogP contribution >= 0.6 is 28.1 Å². The van der Waals surface area contributed by atoms with Crippen molar-refractivity contribution in [2.24, 2.45) is 0 Å². The van der Waals surface area contributed by atoms with E-state index in [0.29, 0.717) is 36.9 Å². The van der Waals surface area contributed by atoms with Crippen LogP contribution in [0.25, 0.3) is 0 Å². The zero-order chi connectivity index (χ0) is 21.8. The second kappa shape index (κ2) is 12.8. The molecular weight excluding hydrogens is 474 g/mol. The molecule has 0 spiro atoms. The fourth-order valence-corrected chi connectivity index (χ4v) is 2.52. The highest BCUT2D eigenvalue weighted by molar-refractivity contribution is 9.10. The van der Waals surface area contributed by atoms with Crippen molar-refractivity contribution in [1.29, 1.82) is 0 Å². The van der Waals surface area contributed by atoms with Gasteiger partial charge in [0.1, 0.15) is 18.1 Å². The molecule has 30 heavy (non-hydrogen) atoms. The van der Waals surface area contributed by atoms with Crippen LogP contribution in [0.5, 0.6) is 11.5 Å². The summed E-state index contributed by atoms with van der Waals surface area (Å²) < 4.78 is 16.9. The first-order chi connectivity index (χ1) is 14.5. The van der Waals surface area contributed by atoms with Gasteiger partial charge in [-0.3, -0.25) is 25.8 Å². The van der Waals surface area contributed by atoms with E-state index in [1.807, 2.05) is 6.92 Å². The second-order valence-electron chi connectivity index (χ2n) is 5.77. The summed E-state index contributed by atoms with van der Waals surface area (Å²) in [6, 6.07) is 13.6. The standard InChI is InChI=1S/C20H22BrN3O5S/c1-2-27-11-12-28-16-7-3-14(4-8-16)19(26)22-20(30)24-23-18(25)13-29-17-9-5-15(21)6-10-17/h3-10H,2,11-13H2,1H3,(H,23,25)(H2,22,24,26,30). The maximum atomic E-state index is 12.2. The summed E-state index contributed by atoms with van der Waals surface area (Å²) in [5.74, 6) is 0.302. The predicted molar refractivity (Wildman–Crippen MR) is 119 cm³/mol. The fraction of sp³-hybridized carbons (Fsp3) is 0.250. The number of nitrogens with one attached hydrogen (secondary N) is 3. The highest BCUT2D eigenvalue weighted by atomic mass is 79.9. The van der Waals surface area contributed by atoms with Crippen molar-refractivity contribution in [1.82, 2.24) is 16.2 Å². The summed E-state index contributed by atoms with van der Waals surface area (Å²) in [5.41, 5.74) is 5.20. The Morgan fingerprint density at radius 3 is 2.23 bits per heavy atom. The third-order valence-corrected chi connectivity index (χ3v) is 4.28. The van der Waals surface area contributed by atoms with E-state index in [9.17, 15) is 9.59 Å². The number of amides is 2. The van der Waals surface area contributed by atoms with E-state index in [-0.39, 0.29) is 11.7 Å². The number of carbonyl (C=O) groups excluding carboxylic acids is 2. The van der Waals surface area contributed by atoms with E-state index in [2.05, 4.69) is 32.1 Å². The molecule has 0 saturated carbocycles. The van der Waals surface area contributed by atoms with Gasteiger partial charge >= 0.3 is 0 Å². The number of carbonyl (C=O) groups is 2. The number of hydrogen-bond donors (Lipinski definition) is 3. The van der Waals surface area contributed by atoms with Crippen molar-refractivity contribution < 1.29 is 23.8 Å². The molecule has 2 amide bonds. The molecule has 0 atom stereocenters. The average Bonchev–Trinajstić information content (AvgIpc) is 2.75. The molecule has 0 radical (unpaired) electrons. The Hall–Kier alpha value is -2.69. The van der Waals surface area contributed by atoms with Crippen molar-refractivity contribution in [2.45, 2.75) is 6.92 Å². The lowest BCUT2D eigenvalue weighted by molar-refractivity contribution is -0.123. The summed E-state index contributed by atoms with van der Waals surface area (Å²) in [5, 5.41) is 2.42. The van der Waals surface area contributed by atoms with Crippen LogP contribution in [0.3, 0.4) is 0 Å². The fourth-order valence-electron chi connectivity index (χ4n) is 2.11. The number of ether oxygens (including phenoxy) is 3. The van der Waals surface area contributed by atoms with Crippen molar-refractivity contribution >= 4 is 45.1 Å². The molecule has 2 aromatic carbocycles. The van der Waals surface area contributed by atoms with Gasteiger partial charge in [0.2, 0.25) is 0 Å². The Balaban J connectivity index is 1.68. The van der Waals surface area contributed by atoms with Gasteiger partial charge in [-0.2, -0.15) is 0 Å². The van der Waals surface area contributed by atoms with E-state index in [0.717, 1.165) is 4.47 Å². The lowest BCUT2D eigenvalue weighted by Crippen LogP contribution is -2.49. The number of benzene rings is 2. The second-order valence-corrected chi connectivity index (χ2v) is 7.09. The molecular formula is C20H22BrN3O5S. The molecule has 2 rings (SSSR count). The van der Waals surface area contributed by atoms with Gasteiger partial charge in [0, 0.05) is 16.6 Å². The molecule has 10 heteroatoms. The van der Waals surface area contributed by atoms with E-state index >= 15 is 0 Å². The van der Waals surface area contributed by atoms with Crippen LogP contribution in [0.15, 0.2) is 53.0 Å². The van der Waals surface area contributed by atoms with Gasteiger partial charge < -0.3 is 14.2 Å². The maximum Gasteiger partial charge on any atom is 0.276 e. The van der Waals surface area contributed by atoms with Crippen LogP contribution in [0, 0.1) is 0 Å². The average molecular weight is 496 g/mol. The lowest BCUT2D eigenvalue weighted by atomic mass is 10.2. The Labute approximate surface area is 188 Å². The number of thiocarbonyl (C=S) groups is 1. The summed E-state index contributed by atoms with van der Waals surface area (Å²) in [6.45, 7) is 3.26. The van der Waals surface area contributed by atoms with E-state index in [4.69, 9.17) is 26.4 Å². The maximum absolute atomic E-state index is 12.2. The van der Waals surface area contributed by atoms with E-state index in [1.54, 1.807) is 48.5 Å². The monoisotopic (exact) mass is 495 g/mol. The Morgan fingerprint density at radius 2 is 1.57 bits per heavy atom. The minimum absolute atomic E-state index is 0.0472. The molecule has 3 N–H and O–H groups in total. The zero-order valence-corrected chi connectivity index (χ0v) is 18.7. The molecule has 160 valence electrons. The van der Waals surface area contributed by atoms with Crippen molar-refractivity contribution in [2.75, 3.05) is 26.4 Å². The van der Waals surface area contributed by atoms with Gasteiger partial charge in [0.05, 0.1) is 6.61 Å². The van der Waals surface area contributed by atoms with Crippen LogP contribution in [0.2, 0.25) is 0 Å². The SMILES string of the molecule is CCOCCOc1ccc(C(=O)NC(=S)NNC(=O)COc2ccc(Br)cc2)cc1. The topological polar surface area (TPSA) is 97.9 Å². The lowest BCUT2D eigenvalue weighted by Gasteiger charge is -2.12. The van der Waals surface area contributed by atoms with Gasteiger partial charge in [-0.25, -0.2) is 0 Å². The third kappa shape index (κ3) is 8.76. The number of hydrogen-bond acceptors (Lipinski definition) is 6. The Kier molecular flexibility index (Phi) is 10.1. The molecule has 0 saturated heterocycles. The Bertz CT molecular complexity index is 847. The summed E-state index contributed by atoms with van der Waals surface area (Å²) in [6.07, 6.45) is 0. The highest BCUT2D eigenvalue weighted by Gasteiger charge is 2.09. The number of hydrazine groups is 1. The molecule has 0 aliphatic carbocycles. The first-order valence-corrected chi connectivity index (χ1v) is 10.3. The van der Waals surface area contributed by atoms with Crippen LogP contribution in [-0.4, -0.2) is 43.4 Å². The minimum atomic E-state index is -0.455. The van der Waals surface area contributed by atoms with Crippen LogP contribution in [0.4, 0.5) is 0 Å². The van der Waals surface area contributed by atoms with Crippen molar-refractivity contribution in [3.8, 4) is 11.5 Å². The summed E-state index contributed by atoms with van der Waals surface area (Å²) >= 11 is 8.32. The van der Waals surface area contributed by atoms with Gasteiger partial charge in [-0.1, -0.05) is 15.9 Å². The molecule has 0 bridgehead atoms. The van der Waals surface area contributed by atoms with Gasteiger partial charge in [-0.15, -0.1) is 0 Å². The summed E-state index contributed by atoms with van der Waals surface area (Å²) in [4.78, 5) is 24.0. The van der Waals surface area contributed by atoms with Crippen molar-refractivity contribution in [3.63, 3.8) is 0 Å². The molecule has 0 aromatic heterocycles. The predicted octanol–water partition coefficient (Wildman–Crippen LogP) is 2.58. The normalized spacial score (nSPS) is 10.1. The van der Waals surface area contributed by atoms with Crippen molar-refractivity contribution in [3.05, 3.63) is 58.6 Å². The van der Waals surface area contributed by atoms with Crippen LogP contribution in [-0.2, 0) is 9.53 Å². The number of halogens is 1. The first kappa shape index (κ1) is 23.6. The van der Waals surface area contributed by atoms with E-state index < -0.39 is 11.8 Å². The van der Waals surface area contributed by atoms with Crippen LogP contribution in [0.1, 0.15) is 17.3 Å². The molecule has 0 heterocycles. The van der Waals surface area contributed by atoms with E-state index in [1.165, 1.54) is 0 Å². The molecule has 8 nitrogen and oxygen atoms in total. The quantitative estimate of drug-likeness (QED) is 0.279. The minimum Gasteiger partial charge on any atom is -0.491 e. The zero-order valence-electron chi connectivity index (χ0n) is 16.3. The Morgan fingerprint density at radius 1 is 0.933 bits per heavy atom. The van der Waals surface area contributed by atoms with Gasteiger partial charge in [-0.05, 0) is 67.7 Å². The largest absolute Gasteiger partial charge is 0.491 e. The van der Waals surface area contributed by atoms with Crippen LogP contribution < -0.4 is 25.6 Å². The van der Waals surface area contributed by atoms with Gasteiger partial charge in [0.25, 0.3) is 11.8 Å². The molecule has 2 aromatic rings. The highest BCUT2D eigenvalue weighted by Crippen LogP contribution is 2.15. The molecule has 0 aliphatic rings. The molecule has 0 aliphatic heterocycles.